The van der Waals surface area contributed by atoms with Crippen LogP contribution in [0.1, 0.15) is 33.6 Å². The third-order valence-corrected chi connectivity index (χ3v) is 6.04. The summed E-state index contributed by atoms with van der Waals surface area (Å²) in [6, 6.07) is 9.15. The summed E-state index contributed by atoms with van der Waals surface area (Å²) in [4.78, 5) is 24.0. The summed E-state index contributed by atoms with van der Waals surface area (Å²) in [5.74, 6) is 0.514. The molecule has 2 aromatic heterocycles. The average molecular weight is 371 g/mol. The van der Waals surface area contributed by atoms with Crippen LogP contribution in [0.4, 0.5) is 5.82 Å². The van der Waals surface area contributed by atoms with Crippen molar-refractivity contribution in [3.63, 3.8) is 0 Å². The lowest BCUT2D eigenvalue weighted by Gasteiger charge is -2.13. The Labute approximate surface area is 154 Å². The molecule has 0 aliphatic heterocycles. The van der Waals surface area contributed by atoms with Crippen LogP contribution in [0.15, 0.2) is 35.5 Å². The lowest BCUT2D eigenvalue weighted by molar-refractivity contribution is 0.0962. The van der Waals surface area contributed by atoms with Crippen molar-refractivity contribution in [2.24, 2.45) is 0 Å². The molecule has 1 amide bonds. The number of anilines is 1. The molecule has 1 aliphatic rings. The predicted molar refractivity (Wildman–Crippen MR) is 103 cm³/mol. The molecule has 0 saturated heterocycles. The van der Waals surface area contributed by atoms with Crippen LogP contribution in [0.5, 0.6) is 0 Å². The molecule has 4 rings (SSSR count). The van der Waals surface area contributed by atoms with Crippen molar-refractivity contribution in [1.82, 2.24) is 15.4 Å². The van der Waals surface area contributed by atoms with Gasteiger partial charge in [-0.15, -0.1) is 11.3 Å². The van der Waals surface area contributed by atoms with E-state index in [1.807, 2.05) is 24.5 Å². The maximum Gasteiger partial charge on any atom is 0.269 e. The first-order valence-electron chi connectivity index (χ1n) is 8.24. The van der Waals surface area contributed by atoms with Crippen LogP contribution >= 0.6 is 23.1 Å². The van der Waals surface area contributed by atoms with Crippen LogP contribution in [0.25, 0.3) is 10.2 Å². The van der Waals surface area contributed by atoms with E-state index in [1.165, 1.54) is 35.0 Å². The molecule has 2 N–H and O–H groups in total. The number of hydrazine groups is 1. The molecule has 1 aromatic carbocycles. The van der Waals surface area contributed by atoms with Gasteiger partial charge in [-0.05, 0) is 49.6 Å². The van der Waals surface area contributed by atoms with Gasteiger partial charge < -0.3 is 0 Å². The number of fused-ring (bicyclic) bond motifs is 3. The van der Waals surface area contributed by atoms with E-state index in [0.717, 1.165) is 23.1 Å². The minimum atomic E-state index is -0.179. The standard InChI is InChI=1S/C18H18N4OS2/c1-24-18-19-15(21-22-16(23)11-7-3-2-4-8-11)14-12-9-5-6-10-13(12)25-17(14)20-18/h2-4,7-8H,5-6,9-10H2,1H3,(H,22,23)(H,19,20,21). The van der Waals surface area contributed by atoms with Crippen molar-refractivity contribution >= 4 is 45.0 Å². The number of hydrogen-bond acceptors (Lipinski definition) is 6. The number of aryl methyl sites for hydroxylation is 2. The van der Waals surface area contributed by atoms with Gasteiger partial charge >= 0.3 is 0 Å². The molecule has 25 heavy (non-hydrogen) atoms. The Morgan fingerprint density at radius 1 is 1.16 bits per heavy atom. The molecular formula is C18H18N4OS2. The minimum Gasteiger partial charge on any atom is -0.281 e. The van der Waals surface area contributed by atoms with Gasteiger partial charge in [0.05, 0.1) is 5.39 Å². The maximum absolute atomic E-state index is 12.3. The molecule has 2 heterocycles. The highest BCUT2D eigenvalue weighted by atomic mass is 32.2. The third-order valence-electron chi connectivity index (χ3n) is 4.31. The summed E-state index contributed by atoms with van der Waals surface area (Å²) in [7, 11) is 0. The van der Waals surface area contributed by atoms with Crippen LogP contribution < -0.4 is 10.9 Å². The highest BCUT2D eigenvalue weighted by molar-refractivity contribution is 7.98. The van der Waals surface area contributed by atoms with Gasteiger partial charge in [0.2, 0.25) is 0 Å². The molecule has 1 aliphatic carbocycles. The van der Waals surface area contributed by atoms with E-state index >= 15 is 0 Å². The first kappa shape index (κ1) is 16.4. The van der Waals surface area contributed by atoms with E-state index in [4.69, 9.17) is 0 Å². The number of nitrogens with one attached hydrogen (secondary N) is 2. The summed E-state index contributed by atoms with van der Waals surface area (Å²) in [6.07, 6.45) is 6.55. The molecule has 7 heteroatoms. The number of carbonyl (C=O) groups is 1. The second-order valence-electron chi connectivity index (χ2n) is 5.90. The Hall–Kier alpha value is -2.12. The Kier molecular flexibility index (Phi) is 4.59. The molecule has 0 atom stereocenters. The molecule has 0 bridgehead atoms. The van der Waals surface area contributed by atoms with Crippen LogP contribution in [0, 0.1) is 0 Å². The van der Waals surface area contributed by atoms with Gasteiger partial charge in [0.25, 0.3) is 5.91 Å². The van der Waals surface area contributed by atoms with Crippen molar-refractivity contribution in [2.75, 3.05) is 11.7 Å². The predicted octanol–water partition coefficient (Wildman–Crippen LogP) is 4.05. The molecular weight excluding hydrogens is 352 g/mol. The number of rotatable bonds is 4. The van der Waals surface area contributed by atoms with Crippen molar-refractivity contribution in [3.8, 4) is 0 Å². The van der Waals surface area contributed by atoms with Gasteiger partial charge in [0.1, 0.15) is 4.83 Å². The number of aromatic nitrogens is 2. The van der Waals surface area contributed by atoms with Crippen molar-refractivity contribution in [2.45, 2.75) is 30.8 Å². The lowest BCUT2D eigenvalue weighted by atomic mass is 9.97. The second-order valence-corrected chi connectivity index (χ2v) is 7.75. The van der Waals surface area contributed by atoms with Crippen LogP contribution in [0.3, 0.4) is 0 Å². The van der Waals surface area contributed by atoms with Gasteiger partial charge in [0.15, 0.2) is 11.0 Å². The zero-order valence-corrected chi connectivity index (χ0v) is 15.5. The average Bonchev–Trinajstić information content (AvgIpc) is 3.05. The van der Waals surface area contributed by atoms with Gasteiger partial charge in [-0.25, -0.2) is 9.97 Å². The summed E-state index contributed by atoms with van der Waals surface area (Å²) >= 11 is 3.26. The Balaban J connectivity index is 1.68. The fourth-order valence-corrected chi connectivity index (χ4v) is 4.78. The number of thiophene rings is 1. The highest BCUT2D eigenvalue weighted by Crippen LogP contribution is 2.39. The number of carbonyl (C=O) groups excluding carboxylic acids is 1. The Morgan fingerprint density at radius 2 is 1.96 bits per heavy atom. The van der Waals surface area contributed by atoms with Crippen molar-refractivity contribution in [3.05, 3.63) is 46.3 Å². The quantitative estimate of drug-likeness (QED) is 0.412. The monoisotopic (exact) mass is 370 g/mol. The van der Waals surface area contributed by atoms with Crippen molar-refractivity contribution < 1.29 is 4.79 Å². The molecule has 0 radical (unpaired) electrons. The zero-order chi connectivity index (χ0) is 17.2. The topological polar surface area (TPSA) is 66.9 Å². The summed E-state index contributed by atoms with van der Waals surface area (Å²) < 4.78 is 0. The second kappa shape index (κ2) is 7.01. The Morgan fingerprint density at radius 3 is 2.76 bits per heavy atom. The van der Waals surface area contributed by atoms with E-state index < -0.39 is 0 Å². The number of hydrogen-bond donors (Lipinski definition) is 2. The molecule has 5 nitrogen and oxygen atoms in total. The minimum absolute atomic E-state index is 0.179. The van der Waals surface area contributed by atoms with E-state index in [9.17, 15) is 4.79 Å². The SMILES string of the molecule is CSc1nc(NNC(=O)c2ccccc2)c2c3c(sc2n1)CCCC3. The largest absolute Gasteiger partial charge is 0.281 e. The lowest BCUT2D eigenvalue weighted by Crippen LogP contribution is -2.30. The first-order valence-corrected chi connectivity index (χ1v) is 10.3. The van der Waals surface area contributed by atoms with Gasteiger partial charge in [-0.2, -0.15) is 0 Å². The molecule has 128 valence electrons. The summed E-state index contributed by atoms with van der Waals surface area (Å²) in [5, 5.41) is 1.77. The van der Waals surface area contributed by atoms with Gasteiger partial charge in [0, 0.05) is 10.4 Å². The normalized spacial score (nSPS) is 13.5. The zero-order valence-electron chi connectivity index (χ0n) is 13.8. The number of benzene rings is 1. The Bertz CT molecular complexity index is 924. The van der Waals surface area contributed by atoms with Crippen molar-refractivity contribution in [1.29, 1.82) is 0 Å². The van der Waals surface area contributed by atoms with E-state index in [0.29, 0.717) is 16.5 Å². The van der Waals surface area contributed by atoms with E-state index in [1.54, 1.807) is 23.5 Å². The summed E-state index contributed by atoms with van der Waals surface area (Å²) in [5.41, 5.74) is 7.76. The molecule has 0 unspecified atom stereocenters. The van der Waals surface area contributed by atoms with E-state index in [2.05, 4.69) is 20.8 Å². The maximum atomic E-state index is 12.3. The highest BCUT2D eigenvalue weighted by Gasteiger charge is 2.21. The number of nitrogens with zero attached hydrogens (tertiary/aromatic N) is 2. The molecule has 0 saturated carbocycles. The molecule has 0 fully saturated rings. The van der Waals surface area contributed by atoms with Crippen LogP contribution in [-0.2, 0) is 12.8 Å². The van der Waals surface area contributed by atoms with Gasteiger partial charge in [-0.3, -0.25) is 15.6 Å². The van der Waals surface area contributed by atoms with Gasteiger partial charge in [-0.1, -0.05) is 30.0 Å². The third kappa shape index (κ3) is 3.21. The fourth-order valence-electron chi connectivity index (χ4n) is 3.10. The van der Waals surface area contributed by atoms with E-state index in [-0.39, 0.29) is 5.91 Å². The first-order chi connectivity index (χ1) is 12.3. The summed E-state index contributed by atoms with van der Waals surface area (Å²) in [6.45, 7) is 0. The number of amides is 1. The smallest absolute Gasteiger partial charge is 0.269 e. The number of thioether (sulfide) groups is 1. The molecule has 0 spiro atoms. The van der Waals surface area contributed by atoms with Crippen LogP contribution in [-0.4, -0.2) is 22.1 Å². The van der Waals surface area contributed by atoms with Crippen LogP contribution in [0.2, 0.25) is 0 Å². The molecule has 3 aromatic rings. The fraction of sp³-hybridized carbons (Fsp3) is 0.278.